The largest absolute Gasteiger partial charge is 0.396 e. The Labute approximate surface area is 74.2 Å². The van der Waals surface area contributed by atoms with Gasteiger partial charge in [0.2, 0.25) is 0 Å². The van der Waals surface area contributed by atoms with Crippen molar-refractivity contribution in [2.45, 2.75) is 25.7 Å². The van der Waals surface area contributed by atoms with Crippen LogP contribution >= 0.6 is 24.2 Å². The van der Waals surface area contributed by atoms with Crippen molar-refractivity contribution in [3.8, 4) is 0 Å². The van der Waals surface area contributed by atoms with Crippen LogP contribution in [0.2, 0.25) is 0 Å². The van der Waals surface area contributed by atoms with Gasteiger partial charge in [0.05, 0.1) is 0 Å². The Hall–Kier alpha value is 0.600. The molecular formula is C7H17ClOS. The van der Waals surface area contributed by atoms with E-state index in [9.17, 15) is 0 Å². The normalized spacial score (nSPS) is 8.40. The van der Waals surface area contributed by atoms with Gasteiger partial charge in [0.25, 0.3) is 0 Å². The van der Waals surface area contributed by atoms with Gasteiger partial charge in [-0.05, 0) is 19.1 Å². The van der Waals surface area contributed by atoms with Gasteiger partial charge in [-0.25, -0.2) is 0 Å². The molecule has 0 amide bonds. The summed E-state index contributed by atoms with van der Waals surface area (Å²) in [5, 5.41) is 8.33. The monoisotopic (exact) mass is 184 g/mol. The van der Waals surface area contributed by atoms with E-state index in [2.05, 4.69) is 12.6 Å². The molecule has 0 spiro atoms. The van der Waals surface area contributed by atoms with Crippen molar-refractivity contribution in [1.82, 2.24) is 0 Å². The minimum Gasteiger partial charge on any atom is -0.396 e. The molecule has 10 heavy (non-hydrogen) atoms. The zero-order chi connectivity index (χ0) is 8.24. The third-order valence-corrected chi connectivity index (χ3v) is 1.31. The third kappa shape index (κ3) is 15.8. The lowest BCUT2D eigenvalue weighted by Crippen LogP contribution is -1.82. The smallest absolute Gasteiger partial charge is 0.0431 e. The summed E-state index contributed by atoms with van der Waals surface area (Å²) in [6.45, 7) is 0.322. The molecule has 1 N–H and O–H groups in total. The van der Waals surface area contributed by atoms with E-state index in [-0.39, 0.29) is 0 Å². The first kappa shape index (κ1) is 13.2. The molecule has 0 radical (unpaired) electrons. The highest BCUT2D eigenvalue weighted by molar-refractivity contribution is 7.79. The van der Waals surface area contributed by atoms with E-state index in [0.29, 0.717) is 6.61 Å². The average Bonchev–Trinajstić information content (AvgIpc) is 2.02. The van der Waals surface area contributed by atoms with Gasteiger partial charge in [0.1, 0.15) is 0 Å². The summed E-state index contributed by atoms with van der Waals surface area (Å²) in [4.78, 5) is 0. The lowest BCUT2D eigenvalue weighted by atomic mass is 10.2. The summed E-state index contributed by atoms with van der Waals surface area (Å²) >= 11 is 8.95. The van der Waals surface area contributed by atoms with Gasteiger partial charge in [-0.2, -0.15) is 12.6 Å². The molecule has 0 atom stereocenters. The first-order valence-corrected chi connectivity index (χ1v) is 4.96. The van der Waals surface area contributed by atoms with Crippen molar-refractivity contribution in [3.63, 3.8) is 0 Å². The number of aliphatic hydroxyl groups excluding tert-OH is 1. The van der Waals surface area contributed by atoms with Crippen LogP contribution in [0.5, 0.6) is 0 Å². The molecule has 0 saturated carbocycles. The van der Waals surface area contributed by atoms with Crippen LogP contribution in [0.1, 0.15) is 25.7 Å². The number of rotatable bonds is 5. The molecule has 0 saturated heterocycles. The topological polar surface area (TPSA) is 20.2 Å². The number of unbranched alkanes of at least 4 members (excludes halogenated alkanes) is 3. The SMILES string of the molecule is CS.OCCCCCCCl. The minimum absolute atomic E-state index is 0.322. The highest BCUT2D eigenvalue weighted by Crippen LogP contribution is 1.99. The van der Waals surface area contributed by atoms with Gasteiger partial charge in [-0.15, -0.1) is 11.6 Å². The second-order valence-electron chi connectivity index (χ2n) is 1.83. The molecule has 3 heteroatoms. The number of hydrogen-bond donors (Lipinski definition) is 2. The van der Waals surface area contributed by atoms with Crippen LogP contribution in [0.4, 0.5) is 0 Å². The minimum atomic E-state index is 0.322. The molecule has 0 aromatic heterocycles. The lowest BCUT2D eigenvalue weighted by Gasteiger charge is -1.92. The van der Waals surface area contributed by atoms with Crippen molar-refractivity contribution in [3.05, 3.63) is 0 Å². The number of thiol groups is 1. The maximum Gasteiger partial charge on any atom is 0.0431 e. The summed E-state index contributed by atoms with van der Waals surface area (Å²) in [5.74, 6) is 0.755. The van der Waals surface area contributed by atoms with Crippen molar-refractivity contribution in [1.29, 1.82) is 0 Å². The summed E-state index contributed by atoms with van der Waals surface area (Å²) in [7, 11) is 0. The van der Waals surface area contributed by atoms with Gasteiger partial charge in [-0.1, -0.05) is 12.8 Å². The molecule has 0 aliphatic carbocycles. The molecule has 0 bridgehead atoms. The third-order valence-electron chi connectivity index (χ3n) is 1.04. The Bertz CT molecular complexity index is 38.6. The van der Waals surface area contributed by atoms with Crippen LogP contribution in [-0.2, 0) is 0 Å². The second kappa shape index (κ2) is 16.3. The van der Waals surface area contributed by atoms with Crippen molar-refractivity contribution in [2.75, 3.05) is 18.7 Å². The Morgan fingerprint density at radius 3 is 2.00 bits per heavy atom. The van der Waals surface area contributed by atoms with E-state index in [1.165, 1.54) is 0 Å². The molecule has 0 aliphatic heterocycles. The molecule has 1 nitrogen and oxygen atoms in total. The summed E-state index contributed by atoms with van der Waals surface area (Å²) < 4.78 is 0. The van der Waals surface area contributed by atoms with E-state index in [0.717, 1.165) is 31.6 Å². The fourth-order valence-corrected chi connectivity index (χ4v) is 0.749. The van der Waals surface area contributed by atoms with Gasteiger partial charge in [0, 0.05) is 12.5 Å². The highest BCUT2D eigenvalue weighted by atomic mass is 35.5. The predicted octanol–water partition coefficient (Wildman–Crippen LogP) is 2.32. The highest BCUT2D eigenvalue weighted by Gasteiger charge is 1.84. The van der Waals surface area contributed by atoms with Crippen LogP contribution in [-0.4, -0.2) is 23.8 Å². The van der Waals surface area contributed by atoms with Crippen molar-refractivity contribution >= 4 is 24.2 Å². The number of halogens is 1. The Morgan fingerprint density at radius 1 is 1.10 bits per heavy atom. The fourth-order valence-electron chi connectivity index (χ4n) is 0.560. The first-order valence-electron chi connectivity index (χ1n) is 3.53. The lowest BCUT2D eigenvalue weighted by molar-refractivity contribution is 0.283. The van der Waals surface area contributed by atoms with Gasteiger partial charge < -0.3 is 5.11 Å². The molecular weight excluding hydrogens is 168 g/mol. The summed E-state index contributed by atoms with van der Waals surface area (Å²) in [5.41, 5.74) is 0. The Kier molecular flexibility index (Phi) is 21.5. The van der Waals surface area contributed by atoms with Crippen LogP contribution in [0.3, 0.4) is 0 Å². The van der Waals surface area contributed by atoms with E-state index in [1.54, 1.807) is 6.26 Å². The van der Waals surface area contributed by atoms with Gasteiger partial charge >= 0.3 is 0 Å². The van der Waals surface area contributed by atoms with Crippen molar-refractivity contribution in [2.24, 2.45) is 0 Å². The molecule has 0 fully saturated rings. The molecule has 0 aromatic rings. The van der Waals surface area contributed by atoms with Crippen LogP contribution < -0.4 is 0 Å². The van der Waals surface area contributed by atoms with Crippen molar-refractivity contribution < 1.29 is 5.11 Å². The van der Waals surface area contributed by atoms with Crippen LogP contribution in [0.15, 0.2) is 0 Å². The van der Waals surface area contributed by atoms with Crippen LogP contribution in [0, 0.1) is 0 Å². The second-order valence-corrected chi connectivity index (χ2v) is 2.20. The molecule has 0 unspecified atom stereocenters. The molecule has 0 rings (SSSR count). The van der Waals surface area contributed by atoms with E-state index in [1.807, 2.05) is 0 Å². The zero-order valence-electron chi connectivity index (χ0n) is 6.52. The summed E-state index contributed by atoms with van der Waals surface area (Å²) in [6, 6.07) is 0. The Morgan fingerprint density at radius 2 is 1.60 bits per heavy atom. The quantitative estimate of drug-likeness (QED) is 0.382. The van der Waals surface area contributed by atoms with Crippen LogP contribution in [0.25, 0.3) is 0 Å². The fraction of sp³-hybridized carbons (Fsp3) is 1.00. The molecule has 0 heterocycles. The maximum atomic E-state index is 8.33. The number of aliphatic hydroxyl groups is 1. The van der Waals surface area contributed by atoms with E-state index < -0.39 is 0 Å². The first-order chi connectivity index (χ1) is 4.91. The van der Waals surface area contributed by atoms with Gasteiger partial charge in [0.15, 0.2) is 0 Å². The molecule has 0 aromatic carbocycles. The summed E-state index contributed by atoms with van der Waals surface area (Å²) in [6.07, 6.45) is 5.98. The number of alkyl halides is 1. The average molecular weight is 185 g/mol. The number of hydrogen-bond acceptors (Lipinski definition) is 2. The standard InChI is InChI=1S/C6H13ClO.CH4S/c7-5-3-1-2-4-6-8;1-2/h8H,1-6H2;2H,1H3. The Balaban J connectivity index is 0. The van der Waals surface area contributed by atoms with E-state index in [4.69, 9.17) is 16.7 Å². The molecule has 0 aliphatic rings. The molecule has 64 valence electrons. The zero-order valence-corrected chi connectivity index (χ0v) is 8.17. The predicted molar refractivity (Wildman–Crippen MR) is 51.2 cm³/mol. The maximum absolute atomic E-state index is 8.33. The van der Waals surface area contributed by atoms with E-state index >= 15 is 0 Å². The van der Waals surface area contributed by atoms with Gasteiger partial charge in [-0.3, -0.25) is 0 Å².